The predicted octanol–water partition coefficient (Wildman–Crippen LogP) is 5.67. The molecule has 4 nitrogen and oxygen atoms in total. The fourth-order valence-corrected chi connectivity index (χ4v) is 5.51. The molecule has 5 heteroatoms. The number of allylic oxidation sites excluding steroid dienone is 3. The first-order valence-electron chi connectivity index (χ1n) is 11.8. The summed E-state index contributed by atoms with van der Waals surface area (Å²) in [7, 11) is 0. The molecule has 1 N–H and O–H groups in total. The van der Waals surface area contributed by atoms with E-state index in [9.17, 15) is 14.0 Å². The first kappa shape index (κ1) is 21.6. The molecule has 0 aromatic heterocycles. The van der Waals surface area contributed by atoms with Crippen LogP contribution in [0, 0.1) is 5.82 Å². The lowest BCUT2D eigenvalue weighted by Gasteiger charge is -2.37. The van der Waals surface area contributed by atoms with E-state index in [4.69, 9.17) is 4.74 Å². The maximum atomic E-state index is 14.2. The van der Waals surface area contributed by atoms with Gasteiger partial charge in [-0.25, -0.2) is 9.18 Å². The van der Waals surface area contributed by atoms with E-state index in [1.807, 2.05) is 37.3 Å². The SMILES string of the molecule is CC1=C(C(=O)OC2CCCC2)[C@@H](c2cccc(F)c2)C2=C(C[C@@H](c3ccccc3)CC2=O)N1. The fourth-order valence-electron chi connectivity index (χ4n) is 5.51. The molecule has 5 rings (SSSR count). The number of nitrogens with one attached hydrogen (secondary N) is 1. The Bertz CT molecular complexity index is 1140. The minimum Gasteiger partial charge on any atom is -0.459 e. The van der Waals surface area contributed by atoms with Gasteiger partial charge >= 0.3 is 5.97 Å². The molecule has 3 aliphatic rings. The number of carbonyl (C=O) groups is 2. The second-order valence-corrected chi connectivity index (χ2v) is 9.29. The second kappa shape index (κ2) is 8.97. The van der Waals surface area contributed by atoms with Crippen molar-refractivity contribution in [1.82, 2.24) is 5.32 Å². The summed E-state index contributed by atoms with van der Waals surface area (Å²) in [5.74, 6) is -1.37. The van der Waals surface area contributed by atoms with E-state index in [0.717, 1.165) is 36.9 Å². The number of ether oxygens (including phenoxy) is 1. The molecular formula is C28H28FNO3. The Kier molecular flexibility index (Phi) is 5.88. The minimum absolute atomic E-state index is 0.00877. The molecule has 0 unspecified atom stereocenters. The number of benzene rings is 2. The largest absolute Gasteiger partial charge is 0.459 e. The molecule has 0 radical (unpaired) electrons. The van der Waals surface area contributed by atoms with Crippen molar-refractivity contribution in [1.29, 1.82) is 0 Å². The van der Waals surface area contributed by atoms with Gasteiger partial charge in [-0.05, 0) is 68.2 Å². The fraction of sp³-hybridized carbons (Fsp3) is 0.357. The number of halogens is 1. The molecular weight excluding hydrogens is 417 g/mol. The van der Waals surface area contributed by atoms with Crippen LogP contribution in [-0.2, 0) is 14.3 Å². The van der Waals surface area contributed by atoms with Gasteiger partial charge < -0.3 is 10.1 Å². The summed E-state index contributed by atoms with van der Waals surface area (Å²) in [5, 5.41) is 3.36. The Morgan fingerprint density at radius 2 is 1.73 bits per heavy atom. The summed E-state index contributed by atoms with van der Waals surface area (Å²) in [4.78, 5) is 26.9. The van der Waals surface area contributed by atoms with Crippen LogP contribution in [0.5, 0.6) is 0 Å². The van der Waals surface area contributed by atoms with Gasteiger partial charge in [0.25, 0.3) is 0 Å². The summed E-state index contributed by atoms with van der Waals surface area (Å²) >= 11 is 0. The van der Waals surface area contributed by atoms with Gasteiger partial charge in [-0.15, -0.1) is 0 Å². The molecule has 1 fully saturated rings. The molecule has 2 aromatic rings. The number of dihydropyridines is 1. The quantitative estimate of drug-likeness (QED) is 0.616. The van der Waals surface area contributed by atoms with Crippen molar-refractivity contribution in [2.45, 2.75) is 63.4 Å². The highest BCUT2D eigenvalue weighted by atomic mass is 19.1. The van der Waals surface area contributed by atoms with Crippen LogP contribution < -0.4 is 5.32 Å². The third-order valence-corrected chi connectivity index (χ3v) is 7.08. The molecule has 0 bridgehead atoms. The van der Waals surface area contributed by atoms with Crippen molar-refractivity contribution in [2.75, 3.05) is 0 Å². The minimum atomic E-state index is -0.630. The van der Waals surface area contributed by atoms with Crippen molar-refractivity contribution in [3.05, 3.63) is 94.1 Å². The van der Waals surface area contributed by atoms with Crippen LogP contribution >= 0.6 is 0 Å². The molecule has 33 heavy (non-hydrogen) atoms. The third-order valence-electron chi connectivity index (χ3n) is 7.08. The highest BCUT2D eigenvalue weighted by Crippen LogP contribution is 2.46. The topological polar surface area (TPSA) is 55.4 Å². The first-order chi connectivity index (χ1) is 16.0. The van der Waals surface area contributed by atoms with Crippen LogP contribution in [0.2, 0.25) is 0 Å². The number of esters is 1. The van der Waals surface area contributed by atoms with Crippen LogP contribution in [0.15, 0.2) is 77.1 Å². The normalized spacial score (nSPS) is 23.4. The van der Waals surface area contributed by atoms with Crippen molar-refractivity contribution in [3.63, 3.8) is 0 Å². The monoisotopic (exact) mass is 445 g/mol. The second-order valence-electron chi connectivity index (χ2n) is 9.29. The van der Waals surface area contributed by atoms with E-state index in [-0.39, 0.29) is 23.6 Å². The molecule has 170 valence electrons. The number of rotatable bonds is 4. The lowest BCUT2D eigenvalue weighted by molar-refractivity contribution is -0.144. The van der Waals surface area contributed by atoms with Gasteiger partial charge in [0.1, 0.15) is 11.9 Å². The third kappa shape index (κ3) is 4.24. The molecule has 0 saturated heterocycles. The molecule has 2 aromatic carbocycles. The van der Waals surface area contributed by atoms with Crippen LogP contribution in [0.1, 0.15) is 68.4 Å². The lowest BCUT2D eigenvalue weighted by Crippen LogP contribution is -2.36. The van der Waals surface area contributed by atoms with Crippen LogP contribution in [0.25, 0.3) is 0 Å². The average molecular weight is 446 g/mol. The zero-order chi connectivity index (χ0) is 22.9. The summed E-state index contributed by atoms with van der Waals surface area (Å²) < 4.78 is 20.1. The molecule has 1 aliphatic heterocycles. The van der Waals surface area contributed by atoms with E-state index in [2.05, 4.69) is 5.32 Å². The summed E-state index contributed by atoms with van der Waals surface area (Å²) in [6.45, 7) is 1.85. The zero-order valence-electron chi connectivity index (χ0n) is 18.8. The van der Waals surface area contributed by atoms with E-state index < -0.39 is 11.9 Å². The Morgan fingerprint density at radius 3 is 2.45 bits per heavy atom. The Hall–Kier alpha value is -3.21. The Labute approximate surface area is 193 Å². The maximum absolute atomic E-state index is 14.2. The van der Waals surface area contributed by atoms with Crippen molar-refractivity contribution >= 4 is 11.8 Å². The molecule has 0 amide bonds. The molecule has 1 saturated carbocycles. The zero-order valence-corrected chi connectivity index (χ0v) is 18.8. The van der Waals surface area contributed by atoms with Crippen molar-refractivity contribution in [2.24, 2.45) is 0 Å². The summed E-state index contributed by atoms with van der Waals surface area (Å²) in [6, 6.07) is 16.2. The maximum Gasteiger partial charge on any atom is 0.337 e. The number of hydrogen-bond donors (Lipinski definition) is 1. The van der Waals surface area contributed by atoms with Crippen molar-refractivity contribution in [3.8, 4) is 0 Å². The Morgan fingerprint density at radius 1 is 1.00 bits per heavy atom. The number of carbonyl (C=O) groups excluding carboxylic acids is 2. The number of hydrogen-bond acceptors (Lipinski definition) is 4. The van der Waals surface area contributed by atoms with Crippen LogP contribution in [0.4, 0.5) is 4.39 Å². The van der Waals surface area contributed by atoms with Crippen LogP contribution in [0.3, 0.4) is 0 Å². The molecule has 1 heterocycles. The molecule has 0 spiro atoms. The smallest absolute Gasteiger partial charge is 0.337 e. The van der Waals surface area contributed by atoms with E-state index in [1.165, 1.54) is 12.1 Å². The summed E-state index contributed by atoms with van der Waals surface area (Å²) in [5.41, 5.74) is 4.20. The van der Waals surface area contributed by atoms with Crippen LogP contribution in [-0.4, -0.2) is 17.9 Å². The van der Waals surface area contributed by atoms with E-state index in [1.54, 1.807) is 12.1 Å². The standard InChI is InChI=1S/C28H28FNO3/c1-17-25(28(32)33-22-12-5-6-13-22)26(19-10-7-11-21(29)14-19)27-23(30-17)15-20(16-24(27)31)18-8-3-2-4-9-18/h2-4,7-11,14,20,22,26,30H,5-6,12-13,15-16H2,1H3/t20-,26-/m1/s1. The van der Waals surface area contributed by atoms with Gasteiger partial charge in [0.05, 0.1) is 5.57 Å². The van der Waals surface area contributed by atoms with Gasteiger partial charge in [-0.3, -0.25) is 4.79 Å². The summed E-state index contributed by atoms with van der Waals surface area (Å²) in [6.07, 6.45) is 4.76. The van der Waals surface area contributed by atoms with Crippen molar-refractivity contribution < 1.29 is 18.7 Å². The Balaban J connectivity index is 1.55. The number of ketones is 1. The van der Waals surface area contributed by atoms with Gasteiger partial charge in [0.15, 0.2) is 5.78 Å². The highest BCUT2D eigenvalue weighted by molar-refractivity contribution is 6.04. The van der Waals surface area contributed by atoms with E-state index in [0.29, 0.717) is 35.2 Å². The molecule has 2 aliphatic carbocycles. The highest BCUT2D eigenvalue weighted by Gasteiger charge is 2.42. The van der Waals surface area contributed by atoms with Gasteiger partial charge in [0, 0.05) is 29.3 Å². The number of Topliss-reactive ketones (excluding diaryl/α,β-unsaturated/α-hetero) is 1. The first-order valence-corrected chi connectivity index (χ1v) is 11.8. The lowest BCUT2D eigenvalue weighted by atomic mass is 9.71. The van der Waals surface area contributed by atoms with E-state index >= 15 is 0 Å². The predicted molar refractivity (Wildman–Crippen MR) is 124 cm³/mol. The van der Waals surface area contributed by atoms with Gasteiger partial charge in [-0.1, -0.05) is 42.5 Å². The van der Waals surface area contributed by atoms with Gasteiger partial charge in [0.2, 0.25) is 0 Å². The average Bonchev–Trinajstić information content (AvgIpc) is 3.31. The van der Waals surface area contributed by atoms with Gasteiger partial charge in [-0.2, -0.15) is 0 Å². The molecule has 2 atom stereocenters.